The van der Waals surface area contributed by atoms with Crippen LogP contribution in [0, 0.1) is 11.3 Å². The van der Waals surface area contributed by atoms with E-state index in [0.29, 0.717) is 5.41 Å². The van der Waals surface area contributed by atoms with E-state index in [0.717, 1.165) is 5.92 Å². The Balaban J connectivity index is 1.93. The number of nitrogens with one attached hydrogen (secondary N) is 1. The van der Waals surface area contributed by atoms with Gasteiger partial charge < -0.3 is 5.32 Å². The van der Waals surface area contributed by atoms with Crippen molar-refractivity contribution < 1.29 is 0 Å². The van der Waals surface area contributed by atoms with E-state index >= 15 is 0 Å². The highest BCUT2D eigenvalue weighted by Crippen LogP contribution is 2.48. The fourth-order valence-electron chi connectivity index (χ4n) is 4.04. The summed E-state index contributed by atoms with van der Waals surface area (Å²) >= 11 is 0. The first kappa shape index (κ1) is 12.4. The first-order chi connectivity index (χ1) is 7.87. The Kier molecular flexibility index (Phi) is 4.69. The quantitative estimate of drug-likeness (QED) is 0.691. The highest BCUT2D eigenvalue weighted by atomic mass is 14.9. The molecule has 0 bridgehead atoms. The molecule has 2 fully saturated rings. The number of rotatable bonds is 5. The van der Waals surface area contributed by atoms with Crippen LogP contribution in [0.15, 0.2) is 0 Å². The standard InChI is InChI=1S/C15H29N/c1-2-12-16-13-15(10-6-3-7-11-15)14-8-4-5-9-14/h14,16H,2-13H2,1H3. The van der Waals surface area contributed by atoms with Crippen LogP contribution in [0.1, 0.15) is 71.1 Å². The summed E-state index contributed by atoms with van der Waals surface area (Å²) in [6.07, 6.45) is 14.8. The zero-order valence-electron chi connectivity index (χ0n) is 11.1. The molecule has 94 valence electrons. The average Bonchev–Trinajstić information content (AvgIpc) is 2.85. The van der Waals surface area contributed by atoms with Gasteiger partial charge in [0.1, 0.15) is 0 Å². The molecule has 2 saturated carbocycles. The minimum absolute atomic E-state index is 0.698. The molecule has 0 saturated heterocycles. The molecule has 0 aromatic heterocycles. The maximum Gasteiger partial charge on any atom is 0.00105 e. The summed E-state index contributed by atoms with van der Waals surface area (Å²) in [4.78, 5) is 0. The third-order valence-electron chi connectivity index (χ3n) is 4.97. The van der Waals surface area contributed by atoms with Gasteiger partial charge in [0.2, 0.25) is 0 Å². The predicted octanol–water partition coefficient (Wildman–Crippen LogP) is 4.13. The van der Waals surface area contributed by atoms with Gasteiger partial charge in [0.15, 0.2) is 0 Å². The van der Waals surface area contributed by atoms with Crippen LogP contribution in [-0.4, -0.2) is 13.1 Å². The van der Waals surface area contributed by atoms with Crippen molar-refractivity contribution in [2.75, 3.05) is 13.1 Å². The van der Waals surface area contributed by atoms with Crippen LogP contribution in [0.25, 0.3) is 0 Å². The van der Waals surface area contributed by atoms with Crippen LogP contribution in [0.3, 0.4) is 0 Å². The molecule has 0 heterocycles. The lowest BCUT2D eigenvalue weighted by molar-refractivity contribution is 0.0970. The van der Waals surface area contributed by atoms with E-state index in [1.807, 2.05) is 0 Å². The zero-order valence-corrected chi connectivity index (χ0v) is 11.1. The molecule has 1 N–H and O–H groups in total. The summed E-state index contributed by atoms with van der Waals surface area (Å²) in [6.45, 7) is 4.80. The second kappa shape index (κ2) is 6.05. The molecule has 1 heteroatoms. The minimum atomic E-state index is 0.698. The molecular weight excluding hydrogens is 194 g/mol. The highest BCUT2D eigenvalue weighted by Gasteiger charge is 2.40. The molecule has 0 unspecified atom stereocenters. The first-order valence-corrected chi connectivity index (χ1v) is 7.58. The second-order valence-electron chi connectivity index (χ2n) is 6.08. The Morgan fingerprint density at radius 3 is 2.31 bits per heavy atom. The Labute approximate surface area is 101 Å². The van der Waals surface area contributed by atoms with Crippen LogP contribution in [0.5, 0.6) is 0 Å². The van der Waals surface area contributed by atoms with Crippen molar-refractivity contribution >= 4 is 0 Å². The Morgan fingerprint density at radius 2 is 1.69 bits per heavy atom. The van der Waals surface area contributed by atoms with E-state index in [-0.39, 0.29) is 0 Å². The maximum absolute atomic E-state index is 3.72. The van der Waals surface area contributed by atoms with Gasteiger partial charge in [0.25, 0.3) is 0 Å². The topological polar surface area (TPSA) is 12.0 Å². The van der Waals surface area contributed by atoms with Gasteiger partial charge in [0, 0.05) is 6.54 Å². The van der Waals surface area contributed by atoms with Gasteiger partial charge in [-0.1, -0.05) is 39.0 Å². The fourth-order valence-corrected chi connectivity index (χ4v) is 4.04. The lowest BCUT2D eigenvalue weighted by Crippen LogP contribution is -2.41. The van der Waals surface area contributed by atoms with Crippen molar-refractivity contribution in [3.8, 4) is 0 Å². The van der Waals surface area contributed by atoms with E-state index in [1.54, 1.807) is 0 Å². The lowest BCUT2D eigenvalue weighted by atomic mass is 9.65. The van der Waals surface area contributed by atoms with Gasteiger partial charge in [-0.2, -0.15) is 0 Å². The Morgan fingerprint density at radius 1 is 1.00 bits per heavy atom. The molecule has 1 nitrogen and oxygen atoms in total. The normalized spacial score (nSPS) is 26.1. The van der Waals surface area contributed by atoms with Crippen molar-refractivity contribution in [1.82, 2.24) is 5.32 Å². The van der Waals surface area contributed by atoms with Crippen molar-refractivity contribution in [2.45, 2.75) is 71.1 Å². The van der Waals surface area contributed by atoms with Crippen LogP contribution in [-0.2, 0) is 0 Å². The van der Waals surface area contributed by atoms with Crippen LogP contribution >= 0.6 is 0 Å². The fraction of sp³-hybridized carbons (Fsp3) is 1.00. The van der Waals surface area contributed by atoms with Crippen LogP contribution < -0.4 is 5.32 Å². The van der Waals surface area contributed by atoms with Gasteiger partial charge in [-0.25, -0.2) is 0 Å². The van der Waals surface area contributed by atoms with Gasteiger partial charge in [-0.15, -0.1) is 0 Å². The largest absolute Gasteiger partial charge is 0.316 e. The molecular formula is C15H29N. The molecule has 2 rings (SSSR count). The van der Waals surface area contributed by atoms with Crippen LogP contribution in [0.2, 0.25) is 0 Å². The van der Waals surface area contributed by atoms with Gasteiger partial charge >= 0.3 is 0 Å². The summed E-state index contributed by atoms with van der Waals surface area (Å²) in [5.74, 6) is 1.05. The highest BCUT2D eigenvalue weighted by molar-refractivity contribution is 4.92. The second-order valence-corrected chi connectivity index (χ2v) is 6.08. The number of hydrogen-bond donors (Lipinski definition) is 1. The average molecular weight is 223 g/mol. The van der Waals surface area contributed by atoms with Crippen LogP contribution in [0.4, 0.5) is 0 Å². The molecule has 0 aliphatic heterocycles. The van der Waals surface area contributed by atoms with E-state index in [4.69, 9.17) is 0 Å². The molecule has 0 aromatic rings. The minimum Gasteiger partial charge on any atom is -0.316 e. The predicted molar refractivity (Wildman–Crippen MR) is 70.6 cm³/mol. The van der Waals surface area contributed by atoms with Gasteiger partial charge in [-0.3, -0.25) is 0 Å². The third-order valence-corrected chi connectivity index (χ3v) is 4.97. The molecule has 2 aliphatic rings. The lowest BCUT2D eigenvalue weighted by Gasteiger charge is -2.43. The van der Waals surface area contributed by atoms with E-state index in [2.05, 4.69) is 12.2 Å². The molecule has 0 spiro atoms. The SMILES string of the molecule is CCCNCC1(C2CCCC2)CCCCC1. The Hall–Kier alpha value is -0.0400. The van der Waals surface area contributed by atoms with Gasteiger partial charge in [0.05, 0.1) is 0 Å². The Bertz CT molecular complexity index is 188. The van der Waals surface area contributed by atoms with Crippen molar-refractivity contribution in [1.29, 1.82) is 0 Å². The molecule has 16 heavy (non-hydrogen) atoms. The van der Waals surface area contributed by atoms with E-state index in [9.17, 15) is 0 Å². The summed E-state index contributed by atoms with van der Waals surface area (Å²) in [7, 11) is 0. The van der Waals surface area contributed by atoms with Crippen molar-refractivity contribution in [2.24, 2.45) is 11.3 Å². The summed E-state index contributed by atoms with van der Waals surface area (Å²) in [5, 5.41) is 3.72. The van der Waals surface area contributed by atoms with Crippen molar-refractivity contribution in [3.05, 3.63) is 0 Å². The molecule has 0 amide bonds. The smallest absolute Gasteiger partial charge is 0.00105 e. The molecule has 2 aliphatic carbocycles. The zero-order chi connectivity index (χ0) is 11.3. The van der Waals surface area contributed by atoms with E-state index in [1.165, 1.54) is 77.3 Å². The summed E-state index contributed by atoms with van der Waals surface area (Å²) < 4.78 is 0. The summed E-state index contributed by atoms with van der Waals surface area (Å²) in [6, 6.07) is 0. The van der Waals surface area contributed by atoms with Gasteiger partial charge in [-0.05, 0) is 50.0 Å². The molecule has 0 atom stereocenters. The maximum atomic E-state index is 3.72. The summed E-state index contributed by atoms with van der Waals surface area (Å²) in [5.41, 5.74) is 0.698. The van der Waals surface area contributed by atoms with Crippen molar-refractivity contribution in [3.63, 3.8) is 0 Å². The molecule has 0 aromatic carbocycles. The molecule has 0 radical (unpaired) electrons. The number of hydrogen-bond acceptors (Lipinski definition) is 1. The monoisotopic (exact) mass is 223 g/mol. The van der Waals surface area contributed by atoms with E-state index < -0.39 is 0 Å². The first-order valence-electron chi connectivity index (χ1n) is 7.58. The third kappa shape index (κ3) is 2.80.